The molecule has 0 unspecified atom stereocenters. The lowest BCUT2D eigenvalue weighted by atomic mass is 10.2. The van der Waals surface area contributed by atoms with Crippen LogP contribution in [-0.2, 0) is 0 Å². The van der Waals surface area contributed by atoms with Crippen LogP contribution in [0.15, 0.2) is 55.2 Å². The molecule has 3 rings (SSSR count). The molecule has 0 amide bonds. The van der Waals surface area contributed by atoms with Gasteiger partial charge in [0.2, 0.25) is 0 Å². The highest BCUT2D eigenvalue weighted by atomic mass is 35.5. The first-order valence-electron chi connectivity index (χ1n) is 5.80. The Morgan fingerprint density at radius 1 is 1.11 bits per heavy atom. The number of hydrogen-bond donors (Lipinski definition) is 0. The van der Waals surface area contributed by atoms with Crippen molar-refractivity contribution in [2.75, 3.05) is 0 Å². The van der Waals surface area contributed by atoms with E-state index in [1.807, 2.05) is 38.1 Å². The summed E-state index contributed by atoms with van der Waals surface area (Å²) in [5, 5.41) is 1.77. The minimum atomic E-state index is 0.746. The van der Waals surface area contributed by atoms with E-state index in [4.69, 9.17) is 11.6 Å². The zero-order chi connectivity index (χ0) is 13.4. The van der Waals surface area contributed by atoms with Crippen LogP contribution in [0.3, 0.4) is 0 Å². The van der Waals surface area contributed by atoms with Gasteiger partial charge in [-0.1, -0.05) is 35.5 Å². The smallest absolute Gasteiger partial charge is 0.117 e. The summed E-state index contributed by atoms with van der Waals surface area (Å²) in [6.45, 7) is 4.05. The summed E-state index contributed by atoms with van der Waals surface area (Å²) in [7, 11) is 0. The van der Waals surface area contributed by atoms with E-state index < -0.39 is 0 Å². The van der Waals surface area contributed by atoms with Gasteiger partial charge in [0.1, 0.15) is 5.04 Å². The maximum Gasteiger partial charge on any atom is 0.117 e. The molecule has 0 atom stereocenters. The largest absolute Gasteiger partial charge is 0.258 e. The lowest BCUT2D eigenvalue weighted by molar-refractivity contribution is 1.34. The second-order valence-electron chi connectivity index (χ2n) is 4.28. The molecule has 0 radical (unpaired) electrons. The van der Waals surface area contributed by atoms with Crippen molar-refractivity contribution < 1.29 is 0 Å². The third-order valence-electron chi connectivity index (χ3n) is 2.80. The molecule has 0 bridgehead atoms. The van der Waals surface area contributed by atoms with Gasteiger partial charge in [-0.2, -0.15) is 0 Å². The predicted octanol–water partition coefficient (Wildman–Crippen LogP) is 5.07. The van der Waals surface area contributed by atoms with Crippen LogP contribution in [-0.4, -0.2) is 10.8 Å². The van der Waals surface area contributed by atoms with Crippen LogP contribution in [0.25, 0.3) is 0 Å². The van der Waals surface area contributed by atoms with E-state index in [-0.39, 0.29) is 0 Å². The van der Waals surface area contributed by atoms with Gasteiger partial charge in [-0.25, -0.2) is 4.40 Å². The van der Waals surface area contributed by atoms with Gasteiger partial charge in [0, 0.05) is 39.5 Å². The van der Waals surface area contributed by atoms with Crippen molar-refractivity contribution in [3.63, 3.8) is 0 Å². The summed E-state index contributed by atoms with van der Waals surface area (Å²) in [6.07, 6.45) is 2.12. The highest BCUT2D eigenvalue weighted by Gasteiger charge is 2.22. The molecule has 0 N–H and O–H groups in total. The lowest BCUT2D eigenvalue weighted by Gasteiger charge is -2.01. The summed E-state index contributed by atoms with van der Waals surface area (Å²) in [5.41, 5.74) is 4.42. The number of thioether (sulfide) groups is 1. The van der Waals surface area contributed by atoms with E-state index in [0.29, 0.717) is 0 Å². The highest BCUT2D eigenvalue weighted by molar-refractivity contribution is 8.32. The Hall–Kier alpha value is -0.970. The Kier molecular flexibility index (Phi) is 3.56. The number of hydrogen-bond acceptors (Lipinski definition) is 4. The summed E-state index contributed by atoms with van der Waals surface area (Å²) in [6, 6.07) is 7.78. The fourth-order valence-electron chi connectivity index (χ4n) is 1.89. The van der Waals surface area contributed by atoms with Gasteiger partial charge in [0.05, 0.1) is 4.24 Å². The fourth-order valence-corrected chi connectivity index (χ4v) is 4.10. The fraction of sp³-hybridized carbons (Fsp3) is 0.143. The van der Waals surface area contributed by atoms with E-state index in [9.17, 15) is 0 Å². The van der Waals surface area contributed by atoms with E-state index in [1.165, 1.54) is 21.8 Å². The number of halogens is 1. The van der Waals surface area contributed by atoms with Crippen molar-refractivity contribution >= 4 is 46.1 Å². The normalized spacial score (nSPS) is 22.4. The molecule has 1 aromatic carbocycles. The maximum absolute atomic E-state index is 5.90. The number of benzene rings is 1. The molecule has 2 aliphatic rings. The van der Waals surface area contributed by atoms with Gasteiger partial charge in [-0.15, -0.1) is 0 Å². The number of nitrogens with zero attached hydrogens (tertiary/aromatic N) is 2. The predicted molar refractivity (Wildman–Crippen MR) is 87.1 cm³/mol. The van der Waals surface area contributed by atoms with Crippen molar-refractivity contribution in [2.45, 2.75) is 13.8 Å². The molecular weight excluding hydrogens is 296 g/mol. The van der Waals surface area contributed by atoms with Gasteiger partial charge >= 0.3 is 0 Å². The summed E-state index contributed by atoms with van der Waals surface area (Å²) >= 11 is 9.12. The minimum absolute atomic E-state index is 0.746. The molecule has 96 valence electrons. The second-order valence-corrected chi connectivity index (χ2v) is 6.75. The molecule has 2 aliphatic heterocycles. The van der Waals surface area contributed by atoms with Gasteiger partial charge in [0.15, 0.2) is 0 Å². The quantitative estimate of drug-likeness (QED) is 0.676. The first-order chi connectivity index (χ1) is 9.13. The Morgan fingerprint density at radius 2 is 1.84 bits per heavy atom. The van der Waals surface area contributed by atoms with Gasteiger partial charge in [-0.3, -0.25) is 4.99 Å². The lowest BCUT2D eigenvalue weighted by Crippen LogP contribution is -1.93. The first-order valence-corrected chi connectivity index (χ1v) is 7.77. The number of allylic oxidation sites excluding steroid dienone is 3. The van der Waals surface area contributed by atoms with Crippen LogP contribution in [0.2, 0.25) is 5.02 Å². The monoisotopic (exact) mass is 306 g/mol. The highest BCUT2D eigenvalue weighted by Crippen LogP contribution is 2.44. The third kappa shape index (κ3) is 2.66. The molecule has 19 heavy (non-hydrogen) atoms. The molecule has 2 nitrogen and oxygen atoms in total. The third-order valence-corrected chi connectivity index (χ3v) is 5.23. The van der Waals surface area contributed by atoms with E-state index in [1.54, 1.807) is 11.8 Å². The maximum atomic E-state index is 5.90. The van der Waals surface area contributed by atoms with Crippen molar-refractivity contribution in [2.24, 2.45) is 9.39 Å². The number of aliphatic imine (C=N–C) groups is 1. The van der Waals surface area contributed by atoms with Crippen LogP contribution in [0.4, 0.5) is 0 Å². The Bertz CT molecular complexity index is 655. The van der Waals surface area contributed by atoms with Crippen LogP contribution in [0, 0.1) is 0 Å². The Labute approximate surface area is 125 Å². The molecule has 0 spiro atoms. The summed E-state index contributed by atoms with van der Waals surface area (Å²) < 4.78 is 5.73. The minimum Gasteiger partial charge on any atom is -0.258 e. The Morgan fingerprint density at radius 3 is 2.47 bits per heavy atom. The molecule has 1 aromatic rings. The van der Waals surface area contributed by atoms with E-state index in [0.717, 1.165) is 27.0 Å². The summed E-state index contributed by atoms with van der Waals surface area (Å²) in [4.78, 5) is 4.45. The summed E-state index contributed by atoms with van der Waals surface area (Å²) in [5.74, 6) is 0. The van der Waals surface area contributed by atoms with E-state index >= 15 is 0 Å². The van der Waals surface area contributed by atoms with Gasteiger partial charge in [-0.05, 0) is 32.1 Å². The average molecular weight is 307 g/mol. The molecular formula is C14H11ClN2S2. The van der Waals surface area contributed by atoms with Crippen LogP contribution < -0.4 is 0 Å². The van der Waals surface area contributed by atoms with Crippen molar-refractivity contribution in [1.82, 2.24) is 0 Å². The standard InChI is InChI=1S/C14H11ClN2S2/c1-8-7-12(9(2)16-8)14-18-13(17-19-14)10-3-5-11(15)6-4-10/h3-7H,1-2H3/b14-12+. The zero-order valence-electron chi connectivity index (χ0n) is 10.5. The SMILES string of the molecule is CC1=C/C(=C2\SN=C(c3ccc(Cl)cc3)S2)C(C)=N1. The van der Waals surface area contributed by atoms with Gasteiger partial charge < -0.3 is 0 Å². The average Bonchev–Trinajstić information content (AvgIpc) is 2.97. The van der Waals surface area contributed by atoms with E-state index in [2.05, 4.69) is 15.5 Å². The second kappa shape index (κ2) is 5.19. The van der Waals surface area contributed by atoms with Gasteiger partial charge in [0.25, 0.3) is 0 Å². The molecule has 5 heteroatoms. The van der Waals surface area contributed by atoms with Crippen molar-refractivity contribution in [3.05, 3.63) is 56.4 Å². The molecule has 0 aliphatic carbocycles. The van der Waals surface area contributed by atoms with Crippen molar-refractivity contribution in [3.8, 4) is 0 Å². The topological polar surface area (TPSA) is 24.7 Å². The molecule has 2 heterocycles. The molecule has 0 fully saturated rings. The van der Waals surface area contributed by atoms with Crippen LogP contribution >= 0.6 is 35.3 Å². The van der Waals surface area contributed by atoms with Crippen LogP contribution in [0.1, 0.15) is 19.4 Å². The molecule has 0 aromatic heterocycles. The first kappa shape index (κ1) is 13.0. The van der Waals surface area contributed by atoms with Crippen LogP contribution in [0.5, 0.6) is 0 Å². The Balaban J connectivity index is 1.86. The zero-order valence-corrected chi connectivity index (χ0v) is 12.9. The van der Waals surface area contributed by atoms with Crippen molar-refractivity contribution in [1.29, 1.82) is 0 Å². The molecule has 0 saturated carbocycles. The number of rotatable bonds is 1. The molecule has 0 saturated heterocycles.